The quantitative estimate of drug-likeness (QED) is 0.466. The van der Waals surface area contributed by atoms with Crippen molar-refractivity contribution >= 4 is 29.1 Å². The normalized spacial score (nSPS) is 16.8. The molecule has 1 unspecified atom stereocenters. The molecule has 0 spiro atoms. The summed E-state index contributed by atoms with van der Waals surface area (Å²) in [5.41, 5.74) is 2.09. The number of carbonyl (C=O) groups excluding carboxylic acids is 1. The highest BCUT2D eigenvalue weighted by Crippen LogP contribution is 2.21. The number of rotatable bonds is 8. The standard InChI is InChI=1S/C24H26Cl2N4O2/c25-20-9-5-17(6-10-20)3-1-13-27-24(31)19-4-2-14-30(15-19)16-22-28-23(29-32-22)18-7-11-21(26)12-8-18/h5-12,19H,1-4,13-16H2,(H,27,31). The molecule has 0 saturated carbocycles. The van der Waals surface area contributed by atoms with Crippen LogP contribution < -0.4 is 5.32 Å². The van der Waals surface area contributed by atoms with Crippen LogP contribution in [0, 0.1) is 5.92 Å². The van der Waals surface area contributed by atoms with Crippen LogP contribution in [0.25, 0.3) is 11.4 Å². The van der Waals surface area contributed by atoms with E-state index in [1.165, 1.54) is 5.56 Å². The van der Waals surface area contributed by atoms with Gasteiger partial charge in [-0.15, -0.1) is 0 Å². The molecule has 0 aliphatic carbocycles. The molecule has 1 amide bonds. The number of aromatic nitrogens is 2. The van der Waals surface area contributed by atoms with Crippen molar-refractivity contribution < 1.29 is 9.32 Å². The van der Waals surface area contributed by atoms with Crippen LogP contribution in [0.2, 0.25) is 10.0 Å². The Labute approximate surface area is 197 Å². The average molecular weight is 473 g/mol. The molecule has 0 radical (unpaired) electrons. The van der Waals surface area contributed by atoms with Crippen LogP contribution in [0.1, 0.15) is 30.7 Å². The maximum atomic E-state index is 12.7. The third-order valence-electron chi connectivity index (χ3n) is 5.66. The molecule has 0 bridgehead atoms. The van der Waals surface area contributed by atoms with Crippen molar-refractivity contribution in [3.05, 3.63) is 70.0 Å². The zero-order chi connectivity index (χ0) is 22.3. The Bertz CT molecular complexity index is 1020. The van der Waals surface area contributed by atoms with Gasteiger partial charge in [-0.05, 0) is 74.2 Å². The monoisotopic (exact) mass is 472 g/mol. The van der Waals surface area contributed by atoms with Crippen LogP contribution in [0.3, 0.4) is 0 Å². The van der Waals surface area contributed by atoms with Crippen molar-refractivity contribution in [2.75, 3.05) is 19.6 Å². The fourth-order valence-electron chi connectivity index (χ4n) is 3.94. The van der Waals surface area contributed by atoms with E-state index in [-0.39, 0.29) is 11.8 Å². The number of hydrogen-bond donors (Lipinski definition) is 1. The Morgan fingerprint density at radius 1 is 1.09 bits per heavy atom. The van der Waals surface area contributed by atoms with Crippen molar-refractivity contribution in [1.82, 2.24) is 20.4 Å². The van der Waals surface area contributed by atoms with Gasteiger partial charge in [0.1, 0.15) is 0 Å². The smallest absolute Gasteiger partial charge is 0.241 e. The largest absolute Gasteiger partial charge is 0.356 e. The van der Waals surface area contributed by atoms with Crippen LogP contribution in [0.15, 0.2) is 53.1 Å². The zero-order valence-corrected chi connectivity index (χ0v) is 19.3. The van der Waals surface area contributed by atoms with E-state index >= 15 is 0 Å². The summed E-state index contributed by atoms with van der Waals surface area (Å²) in [6, 6.07) is 15.2. The summed E-state index contributed by atoms with van der Waals surface area (Å²) in [5.74, 6) is 1.21. The number of halogens is 2. The van der Waals surface area contributed by atoms with Gasteiger partial charge in [-0.25, -0.2) is 0 Å². The van der Waals surface area contributed by atoms with Crippen LogP contribution in [-0.4, -0.2) is 40.6 Å². The molecule has 32 heavy (non-hydrogen) atoms. The average Bonchev–Trinajstić information content (AvgIpc) is 3.27. The summed E-state index contributed by atoms with van der Waals surface area (Å²) in [5, 5.41) is 8.58. The van der Waals surface area contributed by atoms with Gasteiger partial charge >= 0.3 is 0 Å². The molecule has 3 aromatic rings. The lowest BCUT2D eigenvalue weighted by Gasteiger charge is -2.30. The molecule has 8 heteroatoms. The Kier molecular flexibility index (Phi) is 7.79. The first-order chi connectivity index (χ1) is 15.6. The lowest BCUT2D eigenvalue weighted by atomic mass is 9.97. The highest BCUT2D eigenvalue weighted by Gasteiger charge is 2.26. The van der Waals surface area contributed by atoms with Gasteiger partial charge in [0, 0.05) is 28.7 Å². The van der Waals surface area contributed by atoms with Crippen LogP contribution in [-0.2, 0) is 17.8 Å². The van der Waals surface area contributed by atoms with Gasteiger partial charge in [-0.2, -0.15) is 4.98 Å². The molecule has 1 aliphatic rings. The summed E-state index contributed by atoms with van der Waals surface area (Å²) in [7, 11) is 0. The molecule has 1 atom stereocenters. The summed E-state index contributed by atoms with van der Waals surface area (Å²) >= 11 is 11.9. The molecule has 168 valence electrons. The predicted octanol–water partition coefficient (Wildman–Crippen LogP) is 5.00. The number of benzene rings is 2. The predicted molar refractivity (Wildman–Crippen MR) is 126 cm³/mol. The SMILES string of the molecule is O=C(NCCCc1ccc(Cl)cc1)C1CCCN(Cc2nc(-c3ccc(Cl)cc3)no2)C1. The first-order valence-electron chi connectivity index (χ1n) is 10.9. The Balaban J connectivity index is 1.23. The number of aryl methyl sites for hydroxylation is 1. The highest BCUT2D eigenvalue weighted by molar-refractivity contribution is 6.30. The molecule has 1 aromatic heterocycles. The highest BCUT2D eigenvalue weighted by atomic mass is 35.5. The maximum absolute atomic E-state index is 12.7. The number of amides is 1. The summed E-state index contributed by atoms with van der Waals surface area (Å²) in [6.07, 6.45) is 3.70. The molecule has 1 N–H and O–H groups in total. The second-order valence-electron chi connectivity index (χ2n) is 8.11. The van der Waals surface area contributed by atoms with Crippen molar-refractivity contribution in [2.45, 2.75) is 32.2 Å². The van der Waals surface area contributed by atoms with Crippen LogP contribution in [0.4, 0.5) is 0 Å². The number of piperidine rings is 1. The molecule has 6 nitrogen and oxygen atoms in total. The van der Waals surface area contributed by atoms with E-state index in [9.17, 15) is 4.79 Å². The van der Waals surface area contributed by atoms with Gasteiger partial charge in [0.05, 0.1) is 12.5 Å². The van der Waals surface area contributed by atoms with E-state index in [1.54, 1.807) is 12.1 Å². The van der Waals surface area contributed by atoms with Gasteiger partial charge in [0.25, 0.3) is 0 Å². The lowest BCUT2D eigenvalue weighted by molar-refractivity contribution is -0.126. The fraction of sp³-hybridized carbons (Fsp3) is 0.375. The first kappa shape index (κ1) is 22.8. The van der Waals surface area contributed by atoms with Gasteiger partial charge in [0.2, 0.25) is 17.6 Å². The third-order valence-corrected chi connectivity index (χ3v) is 6.16. The van der Waals surface area contributed by atoms with Crippen molar-refractivity contribution in [2.24, 2.45) is 5.92 Å². The van der Waals surface area contributed by atoms with Gasteiger partial charge in [-0.1, -0.05) is 40.5 Å². The minimum absolute atomic E-state index is 0.0158. The van der Waals surface area contributed by atoms with Crippen molar-refractivity contribution in [3.8, 4) is 11.4 Å². The van der Waals surface area contributed by atoms with Crippen LogP contribution >= 0.6 is 23.2 Å². The maximum Gasteiger partial charge on any atom is 0.241 e. The first-order valence-corrected chi connectivity index (χ1v) is 11.7. The molecule has 2 aromatic carbocycles. The van der Waals surface area contributed by atoms with E-state index in [0.717, 1.165) is 42.8 Å². The van der Waals surface area contributed by atoms with Gasteiger partial charge in [-0.3, -0.25) is 9.69 Å². The van der Waals surface area contributed by atoms with Gasteiger partial charge in [0.15, 0.2) is 0 Å². The molecule has 2 heterocycles. The molecule has 1 aliphatic heterocycles. The number of nitrogens with one attached hydrogen (secondary N) is 1. The van der Waals surface area contributed by atoms with E-state index in [4.69, 9.17) is 27.7 Å². The lowest BCUT2D eigenvalue weighted by Crippen LogP contribution is -2.43. The zero-order valence-electron chi connectivity index (χ0n) is 17.8. The van der Waals surface area contributed by atoms with E-state index in [0.29, 0.717) is 36.4 Å². The minimum Gasteiger partial charge on any atom is -0.356 e. The third kappa shape index (κ3) is 6.31. The van der Waals surface area contributed by atoms with E-state index in [1.807, 2.05) is 36.4 Å². The fourth-order valence-corrected chi connectivity index (χ4v) is 4.19. The molecular formula is C24H26Cl2N4O2. The number of carbonyl (C=O) groups is 1. The topological polar surface area (TPSA) is 71.3 Å². The number of nitrogens with zero attached hydrogens (tertiary/aromatic N) is 3. The number of hydrogen-bond acceptors (Lipinski definition) is 5. The summed E-state index contributed by atoms with van der Waals surface area (Å²) in [6.45, 7) is 2.83. The molecule has 1 fully saturated rings. The Morgan fingerprint density at radius 2 is 1.81 bits per heavy atom. The molecule has 1 saturated heterocycles. The summed E-state index contributed by atoms with van der Waals surface area (Å²) in [4.78, 5) is 19.4. The van der Waals surface area contributed by atoms with Crippen LogP contribution in [0.5, 0.6) is 0 Å². The molecule has 4 rings (SSSR count). The minimum atomic E-state index is -0.0158. The van der Waals surface area contributed by atoms with Crippen molar-refractivity contribution in [1.29, 1.82) is 0 Å². The van der Waals surface area contributed by atoms with E-state index in [2.05, 4.69) is 20.4 Å². The Morgan fingerprint density at radius 3 is 2.56 bits per heavy atom. The van der Waals surface area contributed by atoms with Gasteiger partial charge < -0.3 is 9.84 Å². The van der Waals surface area contributed by atoms with Crippen molar-refractivity contribution in [3.63, 3.8) is 0 Å². The molecular weight excluding hydrogens is 447 g/mol. The number of likely N-dealkylation sites (tertiary alicyclic amines) is 1. The second kappa shape index (κ2) is 10.9. The summed E-state index contributed by atoms with van der Waals surface area (Å²) < 4.78 is 5.43. The second-order valence-corrected chi connectivity index (χ2v) is 8.99. The van der Waals surface area contributed by atoms with E-state index < -0.39 is 0 Å². The Hall–Kier alpha value is -2.41.